The number of terminal acetylenes is 1. The van der Waals surface area contributed by atoms with Crippen LogP contribution in [-0.4, -0.2) is 0 Å². The summed E-state index contributed by atoms with van der Waals surface area (Å²) in [5.41, 5.74) is 5.97. The Morgan fingerprint density at radius 1 is 1.69 bits per heavy atom. The van der Waals surface area contributed by atoms with Gasteiger partial charge in [0.1, 0.15) is 0 Å². The molecule has 0 saturated carbocycles. The Kier molecular flexibility index (Phi) is 4.51. The van der Waals surface area contributed by atoms with Crippen LogP contribution in [0.25, 0.3) is 0 Å². The van der Waals surface area contributed by atoms with E-state index in [2.05, 4.69) is 33.3 Å². The van der Waals surface area contributed by atoms with Crippen molar-refractivity contribution in [2.24, 2.45) is 5.73 Å². The molecule has 0 aliphatic rings. The maximum atomic E-state index is 5.97. The van der Waals surface area contributed by atoms with Crippen molar-refractivity contribution < 1.29 is 0 Å². The third-order valence-corrected chi connectivity index (χ3v) is 3.61. The summed E-state index contributed by atoms with van der Waals surface area (Å²) in [6, 6.07) is 2.22. The fourth-order valence-electron chi connectivity index (χ4n) is 1.09. The fraction of sp³-hybridized carbons (Fsp3) is 0.400. The fourth-order valence-corrected chi connectivity index (χ4v) is 2.57. The summed E-state index contributed by atoms with van der Waals surface area (Å²) in [7, 11) is 0. The molecule has 1 nitrogen and oxygen atoms in total. The van der Waals surface area contributed by atoms with E-state index in [1.54, 1.807) is 11.3 Å². The molecule has 13 heavy (non-hydrogen) atoms. The highest BCUT2D eigenvalue weighted by Gasteiger charge is 2.07. The minimum atomic E-state index is 0.143. The summed E-state index contributed by atoms with van der Waals surface area (Å²) < 4.78 is 1.11. The predicted molar refractivity (Wildman–Crippen MR) is 61.6 cm³/mol. The number of rotatable bonds is 4. The largest absolute Gasteiger partial charge is 0.323 e. The summed E-state index contributed by atoms with van der Waals surface area (Å²) >= 11 is 5.10. The molecule has 0 aromatic carbocycles. The van der Waals surface area contributed by atoms with Gasteiger partial charge in [0.25, 0.3) is 0 Å². The van der Waals surface area contributed by atoms with Gasteiger partial charge in [-0.3, -0.25) is 0 Å². The molecular weight excluding hydrogens is 246 g/mol. The van der Waals surface area contributed by atoms with Crippen molar-refractivity contribution in [3.63, 3.8) is 0 Å². The minimum Gasteiger partial charge on any atom is -0.323 e. The first kappa shape index (κ1) is 10.8. The molecule has 0 fully saturated rings. The monoisotopic (exact) mass is 257 g/mol. The molecule has 0 saturated heterocycles. The van der Waals surface area contributed by atoms with Gasteiger partial charge >= 0.3 is 0 Å². The van der Waals surface area contributed by atoms with Crippen molar-refractivity contribution >= 4 is 27.3 Å². The normalized spacial score (nSPS) is 12.4. The Labute approximate surface area is 91.5 Å². The summed E-state index contributed by atoms with van der Waals surface area (Å²) in [6.45, 7) is 0. The van der Waals surface area contributed by atoms with Crippen LogP contribution < -0.4 is 5.73 Å². The molecule has 1 rings (SSSR count). The molecule has 0 aliphatic carbocycles. The van der Waals surface area contributed by atoms with Gasteiger partial charge in [-0.2, -0.15) is 0 Å². The van der Waals surface area contributed by atoms with Crippen LogP contribution in [0.1, 0.15) is 30.2 Å². The van der Waals surface area contributed by atoms with Crippen molar-refractivity contribution in [2.45, 2.75) is 25.3 Å². The Bertz CT molecular complexity index is 300. The van der Waals surface area contributed by atoms with Gasteiger partial charge in [0.15, 0.2) is 0 Å². The average Bonchev–Trinajstić information content (AvgIpc) is 2.52. The second-order valence-electron chi connectivity index (χ2n) is 2.87. The molecule has 1 heterocycles. The molecule has 1 aromatic heterocycles. The Hall–Kier alpha value is -0.300. The molecule has 0 radical (unpaired) electrons. The molecule has 0 spiro atoms. The van der Waals surface area contributed by atoms with Gasteiger partial charge in [-0.1, -0.05) is 0 Å². The van der Waals surface area contributed by atoms with E-state index in [1.807, 2.05) is 0 Å². The van der Waals surface area contributed by atoms with Crippen LogP contribution in [0.4, 0.5) is 0 Å². The first-order valence-corrected chi connectivity index (χ1v) is 5.84. The predicted octanol–water partition coefficient (Wildman–Crippen LogP) is 3.31. The number of thiophene rings is 1. The van der Waals surface area contributed by atoms with E-state index in [0.29, 0.717) is 0 Å². The number of unbranched alkanes of at least 4 members (excludes halogenated alkanes) is 1. The molecular formula is C10H12BrNS. The summed E-state index contributed by atoms with van der Waals surface area (Å²) in [5.74, 6) is 2.62. The highest BCUT2D eigenvalue weighted by molar-refractivity contribution is 9.10. The van der Waals surface area contributed by atoms with Crippen LogP contribution >= 0.6 is 27.3 Å². The summed E-state index contributed by atoms with van der Waals surface area (Å²) in [6.07, 6.45) is 7.96. The van der Waals surface area contributed by atoms with Crippen LogP contribution in [0, 0.1) is 12.3 Å². The molecule has 1 atom stereocenters. The van der Waals surface area contributed by atoms with E-state index in [0.717, 1.165) is 23.7 Å². The topological polar surface area (TPSA) is 26.0 Å². The molecule has 1 aromatic rings. The Morgan fingerprint density at radius 2 is 2.46 bits per heavy atom. The van der Waals surface area contributed by atoms with E-state index in [9.17, 15) is 0 Å². The summed E-state index contributed by atoms with van der Waals surface area (Å²) in [5, 5.41) is 2.05. The molecule has 0 aliphatic heterocycles. The SMILES string of the molecule is C#CCCCC(N)c1cc(Br)cs1. The lowest BCUT2D eigenvalue weighted by atomic mass is 10.1. The Balaban J connectivity index is 2.40. The van der Waals surface area contributed by atoms with Crippen LogP contribution in [0.15, 0.2) is 15.9 Å². The lowest BCUT2D eigenvalue weighted by molar-refractivity contribution is 0.630. The molecule has 0 amide bonds. The smallest absolute Gasteiger partial charge is 0.0390 e. The zero-order valence-corrected chi connectivity index (χ0v) is 9.70. The van der Waals surface area contributed by atoms with Gasteiger partial charge in [0, 0.05) is 27.2 Å². The minimum absolute atomic E-state index is 0.143. The van der Waals surface area contributed by atoms with E-state index in [-0.39, 0.29) is 6.04 Å². The lowest BCUT2D eigenvalue weighted by Gasteiger charge is -2.06. The first-order chi connectivity index (χ1) is 6.24. The van der Waals surface area contributed by atoms with E-state index >= 15 is 0 Å². The second kappa shape index (κ2) is 5.43. The number of halogens is 1. The molecule has 2 N–H and O–H groups in total. The molecule has 3 heteroatoms. The highest BCUT2D eigenvalue weighted by Crippen LogP contribution is 2.26. The molecule has 1 unspecified atom stereocenters. The van der Waals surface area contributed by atoms with E-state index in [1.165, 1.54) is 4.88 Å². The number of nitrogens with two attached hydrogens (primary N) is 1. The quantitative estimate of drug-likeness (QED) is 0.650. The average molecular weight is 258 g/mol. The maximum absolute atomic E-state index is 5.97. The third kappa shape index (κ3) is 3.51. The van der Waals surface area contributed by atoms with Gasteiger partial charge in [0.05, 0.1) is 0 Å². The molecule has 70 valence electrons. The van der Waals surface area contributed by atoms with Gasteiger partial charge in [-0.05, 0) is 34.8 Å². The number of hydrogen-bond donors (Lipinski definition) is 1. The van der Waals surface area contributed by atoms with Gasteiger partial charge < -0.3 is 5.73 Å². The zero-order chi connectivity index (χ0) is 9.68. The van der Waals surface area contributed by atoms with Crippen LogP contribution in [0.3, 0.4) is 0 Å². The third-order valence-electron chi connectivity index (χ3n) is 1.79. The maximum Gasteiger partial charge on any atom is 0.0390 e. The van der Waals surface area contributed by atoms with Crippen LogP contribution in [0.5, 0.6) is 0 Å². The van der Waals surface area contributed by atoms with E-state index in [4.69, 9.17) is 12.2 Å². The summed E-state index contributed by atoms with van der Waals surface area (Å²) in [4.78, 5) is 1.23. The van der Waals surface area contributed by atoms with Crippen LogP contribution in [-0.2, 0) is 0 Å². The standard InChI is InChI=1S/C10H12BrNS/c1-2-3-4-5-9(12)10-6-8(11)7-13-10/h1,6-7,9H,3-5,12H2. The van der Waals surface area contributed by atoms with E-state index < -0.39 is 0 Å². The lowest BCUT2D eigenvalue weighted by Crippen LogP contribution is -2.07. The second-order valence-corrected chi connectivity index (χ2v) is 4.73. The zero-order valence-electron chi connectivity index (χ0n) is 7.29. The van der Waals surface area contributed by atoms with Crippen LogP contribution in [0.2, 0.25) is 0 Å². The van der Waals surface area contributed by atoms with Crippen molar-refractivity contribution in [3.8, 4) is 12.3 Å². The number of hydrogen-bond acceptors (Lipinski definition) is 2. The Morgan fingerprint density at radius 3 is 3.00 bits per heavy atom. The van der Waals surface area contributed by atoms with Gasteiger partial charge in [-0.25, -0.2) is 0 Å². The van der Waals surface area contributed by atoms with Gasteiger partial charge in [-0.15, -0.1) is 23.7 Å². The first-order valence-electron chi connectivity index (χ1n) is 4.17. The highest BCUT2D eigenvalue weighted by atomic mass is 79.9. The van der Waals surface area contributed by atoms with Crippen molar-refractivity contribution in [1.82, 2.24) is 0 Å². The van der Waals surface area contributed by atoms with Crippen molar-refractivity contribution in [1.29, 1.82) is 0 Å². The van der Waals surface area contributed by atoms with Crippen molar-refractivity contribution in [3.05, 3.63) is 20.8 Å². The van der Waals surface area contributed by atoms with Crippen molar-refractivity contribution in [2.75, 3.05) is 0 Å². The molecule has 0 bridgehead atoms. The van der Waals surface area contributed by atoms with Gasteiger partial charge in [0.2, 0.25) is 0 Å².